The third-order valence-corrected chi connectivity index (χ3v) is 4.49. The van der Waals surface area contributed by atoms with E-state index in [4.69, 9.17) is 4.74 Å². The maximum Gasteiger partial charge on any atom is 0.417 e. The molecule has 21 heavy (non-hydrogen) atoms. The summed E-state index contributed by atoms with van der Waals surface area (Å²) in [7, 11) is 0. The van der Waals surface area contributed by atoms with Crippen molar-refractivity contribution < 1.29 is 9.53 Å². The lowest BCUT2D eigenvalue weighted by atomic mass is 10.2. The van der Waals surface area contributed by atoms with Crippen molar-refractivity contribution in [1.82, 2.24) is 0 Å². The summed E-state index contributed by atoms with van der Waals surface area (Å²) in [5, 5.41) is 2.72. The molecule has 1 amide bonds. The molecule has 0 aliphatic rings. The zero-order valence-electron chi connectivity index (χ0n) is 12.1. The van der Waals surface area contributed by atoms with E-state index in [1.807, 2.05) is 50.4 Å². The van der Waals surface area contributed by atoms with E-state index in [0.717, 1.165) is 15.6 Å². The Morgan fingerprint density at radius 3 is 2.57 bits per heavy atom. The summed E-state index contributed by atoms with van der Waals surface area (Å²) in [5.41, 5.74) is 2.89. The van der Waals surface area contributed by atoms with E-state index in [2.05, 4.69) is 21.2 Å². The van der Waals surface area contributed by atoms with Gasteiger partial charge in [-0.3, -0.25) is 5.32 Å². The number of rotatable bonds is 3. The van der Waals surface area contributed by atoms with Gasteiger partial charge in [-0.15, -0.1) is 11.8 Å². The minimum atomic E-state index is -0.504. The van der Waals surface area contributed by atoms with Gasteiger partial charge in [0.2, 0.25) is 0 Å². The Morgan fingerprint density at radius 2 is 1.95 bits per heavy atom. The molecule has 1 N–H and O–H groups in total. The van der Waals surface area contributed by atoms with Crippen LogP contribution in [0.5, 0.6) is 5.75 Å². The molecule has 3 nitrogen and oxygen atoms in total. The summed E-state index contributed by atoms with van der Waals surface area (Å²) in [5.74, 6) is 0.533. The van der Waals surface area contributed by atoms with Crippen LogP contribution in [0.1, 0.15) is 11.1 Å². The lowest BCUT2D eigenvalue weighted by Crippen LogP contribution is -2.17. The van der Waals surface area contributed by atoms with Gasteiger partial charge in [0.25, 0.3) is 0 Å². The smallest absolute Gasteiger partial charge is 0.410 e. The average molecular weight is 366 g/mol. The number of hydrogen-bond acceptors (Lipinski definition) is 3. The van der Waals surface area contributed by atoms with Crippen LogP contribution in [0.15, 0.2) is 45.8 Å². The van der Waals surface area contributed by atoms with Gasteiger partial charge in [-0.2, -0.15) is 0 Å². The fourth-order valence-electron chi connectivity index (χ4n) is 1.88. The predicted octanol–water partition coefficient (Wildman–Crippen LogP) is 5.40. The Morgan fingerprint density at radius 1 is 1.19 bits per heavy atom. The minimum absolute atomic E-state index is 0.504. The second kappa shape index (κ2) is 7.00. The standard InChI is InChI=1S/C16H16BrNO2S/c1-10-4-6-14(13(17)8-10)18-16(19)20-12-5-7-15(21-3)11(2)9-12/h4-9H,1-3H3,(H,18,19). The maximum atomic E-state index is 11.9. The molecule has 0 spiro atoms. The number of nitrogens with one attached hydrogen (secondary N) is 1. The number of thioether (sulfide) groups is 1. The Hall–Kier alpha value is -1.46. The number of ether oxygens (including phenoxy) is 1. The zero-order valence-corrected chi connectivity index (χ0v) is 14.5. The van der Waals surface area contributed by atoms with E-state index in [1.165, 1.54) is 4.90 Å². The normalized spacial score (nSPS) is 10.3. The van der Waals surface area contributed by atoms with Gasteiger partial charge < -0.3 is 4.74 Å². The molecule has 0 saturated heterocycles. The van der Waals surface area contributed by atoms with E-state index < -0.39 is 6.09 Å². The summed E-state index contributed by atoms with van der Waals surface area (Å²) in [4.78, 5) is 13.1. The van der Waals surface area contributed by atoms with Gasteiger partial charge in [0, 0.05) is 9.37 Å². The molecule has 2 rings (SSSR count). The molecule has 0 radical (unpaired) electrons. The monoisotopic (exact) mass is 365 g/mol. The molecule has 0 unspecified atom stereocenters. The molecular formula is C16H16BrNO2S. The summed E-state index contributed by atoms with van der Waals surface area (Å²) < 4.78 is 6.13. The third kappa shape index (κ3) is 4.25. The van der Waals surface area contributed by atoms with E-state index in [1.54, 1.807) is 17.8 Å². The van der Waals surface area contributed by atoms with E-state index in [0.29, 0.717) is 11.4 Å². The first-order valence-electron chi connectivity index (χ1n) is 6.39. The molecule has 0 atom stereocenters. The number of benzene rings is 2. The van der Waals surface area contributed by atoms with Crippen LogP contribution in [-0.2, 0) is 0 Å². The molecular weight excluding hydrogens is 350 g/mol. The van der Waals surface area contributed by atoms with E-state index in [-0.39, 0.29) is 0 Å². The number of amides is 1. The molecule has 5 heteroatoms. The van der Waals surface area contributed by atoms with E-state index in [9.17, 15) is 4.79 Å². The molecule has 0 bridgehead atoms. The minimum Gasteiger partial charge on any atom is -0.410 e. The highest BCUT2D eigenvalue weighted by Crippen LogP contribution is 2.26. The van der Waals surface area contributed by atoms with E-state index >= 15 is 0 Å². The van der Waals surface area contributed by atoms with Crippen LogP contribution in [0.3, 0.4) is 0 Å². The van der Waals surface area contributed by atoms with Gasteiger partial charge in [-0.05, 0) is 77.5 Å². The number of carbonyl (C=O) groups is 1. The van der Waals surface area contributed by atoms with Crippen LogP contribution in [0.4, 0.5) is 10.5 Å². The van der Waals surface area contributed by atoms with Gasteiger partial charge in [-0.1, -0.05) is 6.07 Å². The molecule has 0 aliphatic heterocycles. The average Bonchev–Trinajstić information content (AvgIpc) is 2.42. The first kappa shape index (κ1) is 15.9. The molecule has 0 aliphatic carbocycles. The molecule has 0 saturated carbocycles. The fraction of sp³-hybridized carbons (Fsp3) is 0.188. The number of anilines is 1. The largest absolute Gasteiger partial charge is 0.417 e. The topological polar surface area (TPSA) is 38.3 Å². The fourth-order valence-corrected chi connectivity index (χ4v) is 3.06. The van der Waals surface area contributed by atoms with Crippen LogP contribution in [-0.4, -0.2) is 12.3 Å². The van der Waals surface area contributed by atoms with Gasteiger partial charge in [-0.25, -0.2) is 4.79 Å². The van der Waals surface area contributed by atoms with Crippen LogP contribution in [0.25, 0.3) is 0 Å². The molecule has 110 valence electrons. The van der Waals surface area contributed by atoms with Crippen LogP contribution in [0.2, 0.25) is 0 Å². The Labute approximate surface area is 137 Å². The molecule has 2 aromatic rings. The summed E-state index contributed by atoms with van der Waals surface area (Å²) in [6.07, 6.45) is 1.51. The summed E-state index contributed by atoms with van der Waals surface area (Å²) in [6.45, 7) is 3.98. The van der Waals surface area contributed by atoms with Gasteiger partial charge >= 0.3 is 6.09 Å². The molecule has 2 aromatic carbocycles. The van der Waals surface area contributed by atoms with Gasteiger partial charge in [0.15, 0.2) is 0 Å². The summed E-state index contributed by atoms with van der Waals surface area (Å²) >= 11 is 5.09. The summed E-state index contributed by atoms with van der Waals surface area (Å²) in [6, 6.07) is 11.3. The number of halogens is 1. The number of aryl methyl sites for hydroxylation is 2. The van der Waals surface area contributed by atoms with Crippen molar-refractivity contribution in [1.29, 1.82) is 0 Å². The second-order valence-electron chi connectivity index (χ2n) is 4.63. The van der Waals surface area contributed by atoms with Crippen molar-refractivity contribution in [2.45, 2.75) is 18.7 Å². The van der Waals surface area contributed by atoms with Crippen molar-refractivity contribution in [2.24, 2.45) is 0 Å². The SMILES string of the molecule is CSc1ccc(OC(=O)Nc2ccc(C)cc2Br)cc1C. The van der Waals surface area contributed by atoms with Crippen LogP contribution >= 0.6 is 27.7 Å². The van der Waals surface area contributed by atoms with Crippen molar-refractivity contribution in [2.75, 3.05) is 11.6 Å². The Bertz CT molecular complexity index is 673. The lowest BCUT2D eigenvalue weighted by Gasteiger charge is -2.10. The third-order valence-electron chi connectivity index (χ3n) is 2.94. The number of hydrogen-bond donors (Lipinski definition) is 1. The molecule has 0 heterocycles. The highest BCUT2D eigenvalue weighted by molar-refractivity contribution is 9.10. The van der Waals surface area contributed by atoms with Crippen molar-refractivity contribution in [3.8, 4) is 5.75 Å². The van der Waals surface area contributed by atoms with Gasteiger partial charge in [0.1, 0.15) is 5.75 Å². The molecule has 0 aromatic heterocycles. The van der Waals surface area contributed by atoms with Crippen LogP contribution in [0, 0.1) is 13.8 Å². The quantitative estimate of drug-likeness (QED) is 0.740. The predicted molar refractivity (Wildman–Crippen MR) is 91.5 cm³/mol. The first-order valence-corrected chi connectivity index (χ1v) is 8.41. The van der Waals surface area contributed by atoms with Crippen molar-refractivity contribution >= 4 is 39.5 Å². The van der Waals surface area contributed by atoms with Gasteiger partial charge in [0.05, 0.1) is 5.69 Å². The molecule has 0 fully saturated rings. The maximum absolute atomic E-state index is 11.9. The van der Waals surface area contributed by atoms with Crippen molar-refractivity contribution in [3.05, 3.63) is 52.0 Å². The lowest BCUT2D eigenvalue weighted by molar-refractivity contribution is 0.215. The Balaban J connectivity index is 2.06. The van der Waals surface area contributed by atoms with Crippen LogP contribution < -0.4 is 10.1 Å². The highest BCUT2D eigenvalue weighted by Gasteiger charge is 2.09. The zero-order chi connectivity index (χ0) is 15.4. The Kier molecular flexibility index (Phi) is 5.31. The number of carbonyl (C=O) groups excluding carboxylic acids is 1. The first-order chi connectivity index (χ1) is 9.99. The highest BCUT2D eigenvalue weighted by atomic mass is 79.9. The van der Waals surface area contributed by atoms with Crippen molar-refractivity contribution in [3.63, 3.8) is 0 Å². The second-order valence-corrected chi connectivity index (χ2v) is 6.33.